The second kappa shape index (κ2) is 10.7. The number of urea groups is 1. The van der Waals surface area contributed by atoms with Crippen LogP contribution >= 0.6 is 12.6 Å². The molecule has 0 fully saturated rings. The average molecular weight is 531 g/mol. The van der Waals surface area contributed by atoms with Crippen molar-refractivity contribution in [1.82, 2.24) is 14.8 Å². The van der Waals surface area contributed by atoms with Crippen LogP contribution in [0.5, 0.6) is 5.75 Å². The first-order valence-corrected chi connectivity index (χ1v) is 11.0. The summed E-state index contributed by atoms with van der Waals surface area (Å²) in [5.74, 6) is -0.498. The van der Waals surface area contributed by atoms with E-state index in [9.17, 15) is 22.4 Å². The molecule has 1 aromatic heterocycles. The lowest BCUT2D eigenvalue weighted by molar-refractivity contribution is -0.274. The van der Waals surface area contributed by atoms with Gasteiger partial charge in [0.25, 0.3) is 0 Å². The van der Waals surface area contributed by atoms with Crippen LogP contribution < -0.4 is 15.4 Å². The van der Waals surface area contributed by atoms with E-state index in [1.54, 1.807) is 43.3 Å². The molecule has 2 N–H and O–H groups in total. The van der Waals surface area contributed by atoms with Crippen molar-refractivity contribution in [2.75, 3.05) is 10.6 Å². The van der Waals surface area contributed by atoms with Crippen molar-refractivity contribution >= 4 is 35.2 Å². The number of benzene rings is 3. The first-order chi connectivity index (χ1) is 17.6. The molecule has 190 valence electrons. The highest BCUT2D eigenvalue weighted by Crippen LogP contribution is 2.24. The van der Waals surface area contributed by atoms with Gasteiger partial charge in [0.05, 0.1) is 11.4 Å². The Bertz CT molecular complexity index is 1440. The molecule has 0 bridgehead atoms. The van der Waals surface area contributed by atoms with Gasteiger partial charge in [-0.1, -0.05) is 6.07 Å². The van der Waals surface area contributed by atoms with Crippen molar-refractivity contribution in [3.05, 3.63) is 84.4 Å². The summed E-state index contributed by atoms with van der Waals surface area (Å²) in [6.45, 7) is 1.80. The number of carbonyl (C=O) groups excluding carboxylic acids is 1. The number of hydrogen-bond acceptors (Lipinski definition) is 4. The number of alkyl halides is 3. The van der Waals surface area contributed by atoms with Crippen molar-refractivity contribution in [1.29, 1.82) is 0 Å². The van der Waals surface area contributed by atoms with Crippen LogP contribution in [0, 0.1) is 12.7 Å². The summed E-state index contributed by atoms with van der Waals surface area (Å²) >= 11 is 4.08. The zero-order valence-electron chi connectivity index (χ0n) is 19.0. The number of ether oxygens (including phenoxy) is 1. The molecule has 2 amide bonds. The number of nitrogens with zero attached hydrogens (tertiary/aromatic N) is 4. The molecule has 0 atom stereocenters. The lowest BCUT2D eigenvalue weighted by Crippen LogP contribution is -2.17. The van der Waals surface area contributed by atoms with E-state index in [1.807, 2.05) is 0 Å². The van der Waals surface area contributed by atoms with E-state index in [4.69, 9.17) is 0 Å². The Balaban J connectivity index is 1.38. The highest BCUT2D eigenvalue weighted by atomic mass is 32.1. The van der Waals surface area contributed by atoms with Crippen LogP contribution in [0.15, 0.2) is 78.0 Å². The number of anilines is 2. The summed E-state index contributed by atoms with van der Waals surface area (Å²) in [4.78, 5) is 20.1. The maximum atomic E-state index is 13.9. The van der Waals surface area contributed by atoms with Crippen molar-refractivity contribution in [2.24, 2.45) is 4.99 Å². The molecule has 0 radical (unpaired) electrons. The topological polar surface area (TPSA) is 93.4 Å². The molecule has 0 aliphatic rings. The molecule has 0 unspecified atom stereocenters. The molecule has 3 aromatic carbocycles. The number of rotatable bonds is 5. The Morgan fingerprint density at radius 2 is 1.73 bits per heavy atom. The molecule has 13 heteroatoms. The smallest absolute Gasteiger partial charge is 0.406 e. The minimum absolute atomic E-state index is 0.0913. The van der Waals surface area contributed by atoms with Gasteiger partial charge in [-0.05, 0) is 73.2 Å². The van der Waals surface area contributed by atoms with Gasteiger partial charge in [0.2, 0.25) is 0 Å². The molecule has 0 aliphatic heterocycles. The Morgan fingerprint density at radius 3 is 2.41 bits per heavy atom. The number of halogens is 4. The van der Waals surface area contributed by atoms with E-state index < -0.39 is 18.2 Å². The number of amidine groups is 1. The molecule has 0 saturated heterocycles. The SMILES string of the molecule is Cc1ccc(F)c(N/C(S)=N/C(=O)Nc2ccc(-c3ncn(-c4ccc(OC(F)(F)F)cc4)n3)cc2)c1. The predicted octanol–water partition coefficient (Wildman–Crippen LogP) is 6.21. The summed E-state index contributed by atoms with van der Waals surface area (Å²) in [7, 11) is 0. The molecular formula is C24H18F4N6O2S. The minimum Gasteiger partial charge on any atom is -0.406 e. The van der Waals surface area contributed by atoms with E-state index >= 15 is 0 Å². The molecule has 4 aromatic rings. The van der Waals surface area contributed by atoms with Gasteiger partial charge < -0.3 is 15.4 Å². The van der Waals surface area contributed by atoms with Gasteiger partial charge in [-0.2, -0.15) is 4.99 Å². The second-order valence-electron chi connectivity index (χ2n) is 7.61. The summed E-state index contributed by atoms with van der Waals surface area (Å²) in [5, 5.41) is 9.43. The third-order valence-electron chi connectivity index (χ3n) is 4.80. The van der Waals surface area contributed by atoms with Gasteiger partial charge >= 0.3 is 12.4 Å². The third kappa shape index (κ3) is 7.07. The number of thiol groups is 1. The first kappa shape index (κ1) is 25.7. The summed E-state index contributed by atoms with van der Waals surface area (Å²) in [5.41, 5.74) is 2.51. The molecule has 1 heterocycles. The van der Waals surface area contributed by atoms with Gasteiger partial charge in [-0.15, -0.1) is 30.9 Å². The normalized spacial score (nSPS) is 11.8. The summed E-state index contributed by atoms with van der Waals surface area (Å²) in [6.07, 6.45) is -3.36. The number of nitrogens with one attached hydrogen (secondary N) is 2. The number of aryl methyl sites for hydroxylation is 1. The van der Waals surface area contributed by atoms with Crippen LogP contribution in [0.2, 0.25) is 0 Å². The number of aromatic nitrogens is 3. The molecule has 0 saturated carbocycles. The average Bonchev–Trinajstić information content (AvgIpc) is 3.31. The quantitative estimate of drug-likeness (QED) is 0.123. The molecule has 37 heavy (non-hydrogen) atoms. The van der Waals surface area contributed by atoms with Crippen molar-refractivity contribution in [3.8, 4) is 22.8 Å². The third-order valence-corrected chi connectivity index (χ3v) is 5.01. The Kier molecular flexibility index (Phi) is 7.43. The molecule has 4 rings (SSSR count). The maximum absolute atomic E-state index is 13.9. The zero-order chi connectivity index (χ0) is 26.6. The highest BCUT2D eigenvalue weighted by molar-refractivity contribution is 7.97. The number of hydrogen-bond donors (Lipinski definition) is 3. The van der Waals surface area contributed by atoms with Gasteiger partial charge in [-0.25, -0.2) is 18.9 Å². The van der Waals surface area contributed by atoms with E-state index in [0.29, 0.717) is 22.8 Å². The van der Waals surface area contributed by atoms with E-state index in [2.05, 4.69) is 43.1 Å². The Labute approximate surface area is 213 Å². The lowest BCUT2D eigenvalue weighted by atomic mass is 10.2. The van der Waals surface area contributed by atoms with Crippen LogP contribution in [-0.4, -0.2) is 32.3 Å². The van der Waals surface area contributed by atoms with Crippen LogP contribution in [0.25, 0.3) is 17.1 Å². The van der Waals surface area contributed by atoms with Crippen LogP contribution in [0.3, 0.4) is 0 Å². The van der Waals surface area contributed by atoms with E-state index in [-0.39, 0.29) is 16.6 Å². The fourth-order valence-corrected chi connectivity index (χ4v) is 3.37. The largest absolute Gasteiger partial charge is 0.573 e. The standard InChI is InChI=1S/C24H18F4N6O2S/c1-14-2-11-19(25)20(12-14)31-23(37)32-22(35)30-16-5-3-15(4-6-16)21-29-13-34(33-21)17-7-9-18(10-8-17)36-24(26,27)28/h2-13H,1H3,(H3,30,31,32,35,37). The van der Waals surface area contributed by atoms with Crippen LogP contribution in [-0.2, 0) is 0 Å². The Morgan fingerprint density at radius 1 is 1.03 bits per heavy atom. The number of aliphatic imine (C=N–C) groups is 1. The van der Waals surface area contributed by atoms with E-state index in [1.165, 1.54) is 41.3 Å². The second-order valence-corrected chi connectivity index (χ2v) is 8.03. The fraction of sp³-hybridized carbons (Fsp3) is 0.0833. The van der Waals surface area contributed by atoms with Gasteiger partial charge in [0.1, 0.15) is 17.9 Å². The van der Waals surface area contributed by atoms with Crippen molar-refractivity contribution < 1.29 is 27.1 Å². The highest BCUT2D eigenvalue weighted by Gasteiger charge is 2.31. The number of carbonyl (C=O) groups is 1. The molecule has 0 aliphatic carbocycles. The summed E-state index contributed by atoms with van der Waals surface area (Å²) in [6, 6.07) is 15.5. The van der Waals surface area contributed by atoms with Crippen molar-refractivity contribution in [3.63, 3.8) is 0 Å². The Hall–Kier alpha value is -4.39. The van der Waals surface area contributed by atoms with Crippen LogP contribution in [0.4, 0.5) is 33.7 Å². The van der Waals surface area contributed by atoms with E-state index in [0.717, 1.165) is 5.56 Å². The fourth-order valence-electron chi connectivity index (χ4n) is 3.15. The van der Waals surface area contributed by atoms with Gasteiger partial charge in [-0.3, -0.25) is 0 Å². The molecular weight excluding hydrogens is 512 g/mol. The molecule has 0 spiro atoms. The monoisotopic (exact) mass is 530 g/mol. The minimum atomic E-state index is -4.77. The van der Waals surface area contributed by atoms with Gasteiger partial charge in [0.15, 0.2) is 11.0 Å². The van der Waals surface area contributed by atoms with Crippen molar-refractivity contribution in [2.45, 2.75) is 13.3 Å². The first-order valence-electron chi connectivity index (χ1n) is 10.6. The lowest BCUT2D eigenvalue weighted by Gasteiger charge is -2.09. The number of amides is 2. The van der Waals surface area contributed by atoms with Gasteiger partial charge in [0, 0.05) is 11.3 Å². The zero-order valence-corrected chi connectivity index (χ0v) is 19.9. The predicted molar refractivity (Wildman–Crippen MR) is 134 cm³/mol. The maximum Gasteiger partial charge on any atom is 0.573 e. The molecule has 8 nitrogen and oxygen atoms in total. The van der Waals surface area contributed by atoms with Crippen LogP contribution in [0.1, 0.15) is 5.56 Å². The summed E-state index contributed by atoms with van der Waals surface area (Å²) < 4.78 is 56.1.